The van der Waals surface area contributed by atoms with Gasteiger partial charge in [-0.2, -0.15) is 13.2 Å². The molecule has 0 aromatic heterocycles. The molecule has 1 aliphatic rings. The number of halogens is 3. The van der Waals surface area contributed by atoms with E-state index >= 15 is 0 Å². The molecular weight excluding hydrogens is 335 g/mol. The Morgan fingerprint density at radius 3 is 2.48 bits per heavy atom. The summed E-state index contributed by atoms with van der Waals surface area (Å²) >= 11 is 0. The highest BCUT2D eigenvalue weighted by Gasteiger charge is 2.33. The first-order valence-corrected chi connectivity index (χ1v) is 7.31. The summed E-state index contributed by atoms with van der Waals surface area (Å²) in [6.07, 6.45) is -2.90. The highest BCUT2D eigenvalue weighted by Crippen LogP contribution is 2.40. The van der Waals surface area contributed by atoms with E-state index < -0.39 is 17.6 Å². The van der Waals surface area contributed by atoms with Crippen LogP contribution in [0, 0.1) is 0 Å². The Morgan fingerprint density at radius 1 is 1.08 bits per heavy atom. The van der Waals surface area contributed by atoms with E-state index in [1.807, 2.05) is 0 Å². The fourth-order valence-electron chi connectivity index (χ4n) is 2.70. The first-order chi connectivity index (χ1) is 11.8. The molecule has 0 unspecified atom stereocenters. The number of amides is 1. The summed E-state index contributed by atoms with van der Waals surface area (Å²) in [5.41, 5.74) is 0.567. The van der Waals surface area contributed by atoms with Crippen molar-refractivity contribution >= 4 is 23.2 Å². The molecule has 25 heavy (non-hydrogen) atoms. The molecule has 0 radical (unpaired) electrons. The van der Waals surface area contributed by atoms with Gasteiger partial charge in [0.05, 0.1) is 19.8 Å². The van der Waals surface area contributed by atoms with Gasteiger partial charge in [0.25, 0.3) is 5.91 Å². The smallest absolute Gasteiger partial charge is 0.416 e. The minimum Gasteiger partial charge on any atom is -0.493 e. The predicted molar refractivity (Wildman–Crippen MR) is 87.5 cm³/mol. The number of anilines is 1. The molecule has 1 amide bonds. The fraction of sp³-hybridized carbons (Fsp3) is 0.167. The van der Waals surface area contributed by atoms with Gasteiger partial charge in [-0.15, -0.1) is 0 Å². The number of para-hydroxylation sites is 1. The van der Waals surface area contributed by atoms with Crippen molar-refractivity contribution in [3.05, 3.63) is 53.1 Å². The zero-order valence-corrected chi connectivity index (χ0v) is 13.4. The van der Waals surface area contributed by atoms with E-state index in [1.165, 1.54) is 20.3 Å². The Morgan fingerprint density at radius 2 is 1.84 bits per heavy atom. The zero-order chi connectivity index (χ0) is 18.2. The van der Waals surface area contributed by atoms with E-state index in [4.69, 9.17) is 9.47 Å². The Kier molecular flexibility index (Phi) is 4.16. The number of fused-ring (bicyclic) bond motifs is 1. The Hall–Kier alpha value is -2.96. The molecule has 2 aromatic carbocycles. The van der Waals surface area contributed by atoms with Crippen LogP contribution in [0.25, 0.3) is 11.6 Å². The second-order valence-electron chi connectivity index (χ2n) is 5.35. The third-order valence-corrected chi connectivity index (χ3v) is 3.86. The largest absolute Gasteiger partial charge is 0.493 e. The summed E-state index contributed by atoms with van der Waals surface area (Å²) in [5.74, 6) is 0.452. The van der Waals surface area contributed by atoms with Crippen molar-refractivity contribution in [3.8, 4) is 11.5 Å². The molecule has 7 heteroatoms. The summed E-state index contributed by atoms with van der Waals surface area (Å²) in [7, 11) is 2.96. The maximum Gasteiger partial charge on any atom is 0.416 e. The van der Waals surface area contributed by atoms with Gasteiger partial charge in [0.2, 0.25) is 0 Å². The van der Waals surface area contributed by atoms with Crippen molar-refractivity contribution in [2.45, 2.75) is 6.18 Å². The Labute approximate surface area is 141 Å². The maximum absolute atomic E-state index is 12.8. The third kappa shape index (κ3) is 3.05. The molecule has 130 valence electrons. The summed E-state index contributed by atoms with van der Waals surface area (Å²) in [6.45, 7) is 0. The van der Waals surface area contributed by atoms with Crippen LogP contribution in [0.15, 0.2) is 36.4 Å². The van der Waals surface area contributed by atoms with Gasteiger partial charge in [-0.1, -0.05) is 18.2 Å². The SMILES string of the molecule is COc1cccc(/C=C2/C(=O)Nc3cc(C(F)(F)F)ccc32)c1OC. The van der Waals surface area contributed by atoms with Gasteiger partial charge in [-0.25, -0.2) is 0 Å². The minimum atomic E-state index is -4.47. The fourth-order valence-corrected chi connectivity index (χ4v) is 2.70. The molecule has 1 aliphatic heterocycles. The number of ether oxygens (including phenoxy) is 2. The molecule has 0 fully saturated rings. The molecule has 0 spiro atoms. The molecular formula is C18H14F3NO3. The van der Waals surface area contributed by atoms with Crippen LogP contribution in [-0.4, -0.2) is 20.1 Å². The highest BCUT2D eigenvalue weighted by molar-refractivity contribution is 6.35. The second-order valence-corrected chi connectivity index (χ2v) is 5.35. The average Bonchev–Trinajstić information content (AvgIpc) is 2.88. The number of nitrogens with one attached hydrogen (secondary N) is 1. The van der Waals surface area contributed by atoms with Gasteiger partial charge >= 0.3 is 6.18 Å². The number of hydrogen-bond acceptors (Lipinski definition) is 3. The lowest BCUT2D eigenvalue weighted by molar-refractivity contribution is -0.137. The topological polar surface area (TPSA) is 47.6 Å². The van der Waals surface area contributed by atoms with Crippen molar-refractivity contribution in [2.75, 3.05) is 19.5 Å². The van der Waals surface area contributed by atoms with Crippen LogP contribution in [0.2, 0.25) is 0 Å². The van der Waals surface area contributed by atoms with Crippen LogP contribution in [0.3, 0.4) is 0 Å². The summed E-state index contributed by atoms with van der Waals surface area (Å²) in [5, 5.41) is 2.47. The summed E-state index contributed by atoms with van der Waals surface area (Å²) in [4.78, 5) is 12.2. The van der Waals surface area contributed by atoms with Crippen LogP contribution in [0.4, 0.5) is 18.9 Å². The van der Waals surface area contributed by atoms with E-state index in [0.717, 1.165) is 12.1 Å². The van der Waals surface area contributed by atoms with Crippen molar-refractivity contribution in [2.24, 2.45) is 0 Å². The predicted octanol–water partition coefficient (Wildman–Crippen LogP) is 4.22. The van der Waals surface area contributed by atoms with Crippen LogP contribution < -0.4 is 14.8 Å². The zero-order valence-electron chi connectivity index (χ0n) is 13.4. The Balaban J connectivity index is 2.09. The van der Waals surface area contributed by atoms with Crippen LogP contribution in [-0.2, 0) is 11.0 Å². The molecule has 0 saturated heterocycles. The van der Waals surface area contributed by atoms with Crippen LogP contribution >= 0.6 is 0 Å². The highest BCUT2D eigenvalue weighted by atomic mass is 19.4. The summed E-state index contributed by atoms with van der Waals surface area (Å²) in [6, 6.07) is 8.33. The summed E-state index contributed by atoms with van der Waals surface area (Å²) < 4.78 is 49.0. The van der Waals surface area contributed by atoms with E-state index in [1.54, 1.807) is 24.3 Å². The number of hydrogen-bond donors (Lipinski definition) is 1. The molecule has 0 aliphatic carbocycles. The van der Waals surface area contributed by atoms with Crippen molar-refractivity contribution in [1.82, 2.24) is 0 Å². The van der Waals surface area contributed by atoms with Crippen LogP contribution in [0.5, 0.6) is 11.5 Å². The second kappa shape index (κ2) is 6.16. The molecule has 1 N–H and O–H groups in total. The third-order valence-electron chi connectivity index (χ3n) is 3.86. The molecule has 4 nitrogen and oxygen atoms in total. The lowest BCUT2D eigenvalue weighted by atomic mass is 10.0. The first kappa shape index (κ1) is 16.9. The quantitative estimate of drug-likeness (QED) is 0.844. The number of carbonyl (C=O) groups excluding carboxylic acids is 1. The molecule has 1 heterocycles. The Bertz CT molecular complexity index is 872. The number of alkyl halides is 3. The van der Waals surface area contributed by atoms with Gasteiger partial charge in [0.1, 0.15) is 0 Å². The number of benzene rings is 2. The number of methoxy groups -OCH3 is 2. The molecule has 3 rings (SSSR count). The van der Waals surface area contributed by atoms with E-state index in [9.17, 15) is 18.0 Å². The molecule has 0 bridgehead atoms. The lowest BCUT2D eigenvalue weighted by Crippen LogP contribution is -2.06. The average molecular weight is 349 g/mol. The van der Waals surface area contributed by atoms with Gasteiger partial charge in [-0.05, 0) is 24.3 Å². The van der Waals surface area contributed by atoms with Crippen LogP contribution in [0.1, 0.15) is 16.7 Å². The van der Waals surface area contributed by atoms with Gasteiger partial charge in [-0.3, -0.25) is 4.79 Å². The monoisotopic (exact) mass is 349 g/mol. The first-order valence-electron chi connectivity index (χ1n) is 7.31. The van der Waals surface area contributed by atoms with E-state index in [-0.39, 0.29) is 11.3 Å². The number of carbonyl (C=O) groups is 1. The van der Waals surface area contributed by atoms with Crippen molar-refractivity contribution in [3.63, 3.8) is 0 Å². The maximum atomic E-state index is 12.8. The number of rotatable bonds is 3. The standard InChI is InChI=1S/C18H14F3NO3/c1-24-15-5-3-4-10(16(15)25-2)8-13-12-7-6-11(18(19,20)21)9-14(12)22-17(13)23/h3-9H,1-2H3,(H,22,23)/b13-8+. The molecule has 2 aromatic rings. The van der Waals surface area contributed by atoms with Crippen molar-refractivity contribution < 1.29 is 27.4 Å². The van der Waals surface area contributed by atoms with Gasteiger partial charge in [0, 0.05) is 22.4 Å². The molecule has 0 atom stereocenters. The molecule has 0 saturated carbocycles. The van der Waals surface area contributed by atoms with Gasteiger partial charge in [0.15, 0.2) is 11.5 Å². The normalized spacial score (nSPS) is 15.1. The van der Waals surface area contributed by atoms with E-state index in [0.29, 0.717) is 22.6 Å². The minimum absolute atomic E-state index is 0.132. The van der Waals surface area contributed by atoms with Crippen molar-refractivity contribution in [1.29, 1.82) is 0 Å². The van der Waals surface area contributed by atoms with E-state index in [2.05, 4.69) is 5.32 Å². The van der Waals surface area contributed by atoms with Gasteiger partial charge < -0.3 is 14.8 Å². The lowest BCUT2D eigenvalue weighted by Gasteiger charge is -2.10.